The zero-order chi connectivity index (χ0) is 17.3. The average molecular weight is 342 g/mol. The molecule has 0 radical (unpaired) electrons. The zero-order valence-corrected chi connectivity index (χ0v) is 13.8. The summed E-state index contributed by atoms with van der Waals surface area (Å²) in [7, 11) is 1.60. The molecule has 0 aromatic heterocycles. The minimum atomic E-state index is -0.879. The Kier molecular flexibility index (Phi) is 5.01. The number of halogens is 2. The van der Waals surface area contributed by atoms with E-state index in [0.717, 1.165) is 9.80 Å². The number of rotatable bonds is 5. The number of carbonyl (C=O) groups excluding carboxylic acids is 3. The largest absolute Gasteiger partial charge is 0.335 e. The van der Waals surface area contributed by atoms with Crippen LogP contribution in [0.2, 0.25) is 5.02 Å². The minimum Gasteiger partial charge on any atom is -0.284 e. The van der Waals surface area contributed by atoms with Crippen molar-refractivity contribution in [3.63, 3.8) is 0 Å². The summed E-state index contributed by atoms with van der Waals surface area (Å²) >= 11 is 5.96. The molecule has 8 heteroatoms. The molecule has 1 aromatic rings. The molecule has 0 atom stereocenters. The van der Waals surface area contributed by atoms with Gasteiger partial charge in [0.25, 0.3) is 0 Å². The second-order valence-electron chi connectivity index (χ2n) is 5.64. The molecule has 6 nitrogen and oxygen atoms in total. The van der Waals surface area contributed by atoms with E-state index in [1.807, 2.05) is 0 Å². The van der Waals surface area contributed by atoms with Gasteiger partial charge in [-0.2, -0.15) is 0 Å². The van der Waals surface area contributed by atoms with Gasteiger partial charge in [0.05, 0.1) is 6.67 Å². The summed E-state index contributed by atoms with van der Waals surface area (Å²) < 4.78 is 13.8. The van der Waals surface area contributed by atoms with E-state index in [4.69, 9.17) is 11.6 Å². The van der Waals surface area contributed by atoms with Gasteiger partial charge in [-0.15, -0.1) is 0 Å². The second kappa shape index (κ2) is 6.64. The molecule has 1 fully saturated rings. The van der Waals surface area contributed by atoms with Gasteiger partial charge in [-0.05, 0) is 33.0 Å². The van der Waals surface area contributed by atoms with Crippen LogP contribution in [0.1, 0.15) is 19.4 Å². The normalized spacial score (nSPS) is 15.5. The molecule has 2 rings (SSSR count). The van der Waals surface area contributed by atoms with Crippen LogP contribution in [-0.4, -0.2) is 52.3 Å². The summed E-state index contributed by atoms with van der Waals surface area (Å²) in [5.74, 6) is -2.19. The van der Waals surface area contributed by atoms with E-state index < -0.39 is 29.7 Å². The summed E-state index contributed by atoms with van der Waals surface area (Å²) in [6.07, 6.45) is 0. The van der Waals surface area contributed by atoms with Gasteiger partial charge < -0.3 is 0 Å². The number of amides is 4. The Balaban J connectivity index is 2.11. The van der Waals surface area contributed by atoms with Crippen LogP contribution >= 0.6 is 11.6 Å². The number of urea groups is 1. The lowest BCUT2D eigenvalue weighted by Crippen LogP contribution is -2.42. The van der Waals surface area contributed by atoms with Crippen LogP contribution < -0.4 is 0 Å². The average Bonchev–Trinajstić information content (AvgIpc) is 2.67. The lowest BCUT2D eigenvalue weighted by Gasteiger charge is -2.23. The first-order valence-corrected chi connectivity index (χ1v) is 7.42. The zero-order valence-electron chi connectivity index (χ0n) is 13.0. The lowest BCUT2D eigenvalue weighted by molar-refractivity contribution is -0.144. The minimum absolute atomic E-state index is 0.0957. The summed E-state index contributed by atoms with van der Waals surface area (Å²) in [6.45, 7) is 3.26. The van der Waals surface area contributed by atoms with Crippen molar-refractivity contribution in [3.05, 3.63) is 34.6 Å². The molecule has 0 N–H and O–H groups in total. The van der Waals surface area contributed by atoms with Crippen molar-refractivity contribution in [2.75, 3.05) is 13.7 Å². The third-order valence-corrected chi connectivity index (χ3v) is 3.83. The van der Waals surface area contributed by atoms with E-state index in [2.05, 4.69) is 0 Å². The number of benzene rings is 1. The van der Waals surface area contributed by atoms with Crippen molar-refractivity contribution in [1.29, 1.82) is 0 Å². The number of hydrogen-bond acceptors (Lipinski definition) is 4. The fourth-order valence-corrected chi connectivity index (χ4v) is 2.57. The quantitative estimate of drug-likeness (QED) is 0.607. The third kappa shape index (κ3) is 3.35. The Morgan fingerprint density at radius 1 is 1.22 bits per heavy atom. The molecular formula is C15H17ClFN3O3. The lowest BCUT2D eigenvalue weighted by atomic mass is 10.2. The maximum absolute atomic E-state index is 13.8. The Bertz CT molecular complexity index is 645. The number of nitrogens with zero attached hydrogens (tertiary/aromatic N) is 3. The van der Waals surface area contributed by atoms with E-state index in [1.54, 1.807) is 27.0 Å². The molecule has 23 heavy (non-hydrogen) atoms. The SMILES string of the molecule is CC(C)N1C(=O)C(=O)N(CN(C)Cc2c(F)cccc2Cl)C1=O. The first kappa shape index (κ1) is 17.4. The molecule has 1 aliphatic rings. The highest BCUT2D eigenvalue weighted by molar-refractivity contribution is 6.44. The third-order valence-electron chi connectivity index (χ3n) is 3.47. The van der Waals surface area contributed by atoms with Crippen LogP contribution in [0.15, 0.2) is 18.2 Å². The molecule has 0 unspecified atom stereocenters. The van der Waals surface area contributed by atoms with Crippen LogP contribution in [0.25, 0.3) is 0 Å². The van der Waals surface area contributed by atoms with Gasteiger partial charge in [0.15, 0.2) is 0 Å². The van der Waals surface area contributed by atoms with E-state index >= 15 is 0 Å². The van der Waals surface area contributed by atoms with Crippen molar-refractivity contribution in [3.8, 4) is 0 Å². The molecule has 124 valence electrons. The molecule has 0 bridgehead atoms. The van der Waals surface area contributed by atoms with Gasteiger partial charge in [-0.1, -0.05) is 17.7 Å². The predicted octanol–water partition coefficient (Wildman–Crippen LogP) is 2.07. The van der Waals surface area contributed by atoms with Crippen LogP contribution in [0.3, 0.4) is 0 Å². The van der Waals surface area contributed by atoms with Crippen molar-refractivity contribution in [2.45, 2.75) is 26.4 Å². The molecular weight excluding hydrogens is 325 g/mol. The molecule has 0 aliphatic carbocycles. The number of hydrogen-bond donors (Lipinski definition) is 0. The van der Waals surface area contributed by atoms with Crippen molar-refractivity contribution < 1.29 is 18.8 Å². The Labute approximate surface area is 138 Å². The Morgan fingerprint density at radius 2 is 1.87 bits per heavy atom. The molecule has 0 spiro atoms. The maximum atomic E-state index is 13.8. The molecule has 4 amide bonds. The summed E-state index contributed by atoms with van der Waals surface area (Å²) in [5, 5.41) is 0.260. The van der Waals surface area contributed by atoms with Gasteiger partial charge >= 0.3 is 17.8 Å². The van der Waals surface area contributed by atoms with Crippen LogP contribution in [-0.2, 0) is 16.1 Å². The van der Waals surface area contributed by atoms with Gasteiger partial charge in [-0.3, -0.25) is 19.4 Å². The van der Waals surface area contributed by atoms with E-state index in [0.29, 0.717) is 0 Å². The van der Waals surface area contributed by atoms with Crippen LogP contribution in [0.4, 0.5) is 9.18 Å². The van der Waals surface area contributed by atoms with Crippen LogP contribution in [0, 0.1) is 5.82 Å². The number of imide groups is 2. The maximum Gasteiger partial charge on any atom is 0.335 e. The van der Waals surface area contributed by atoms with Crippen molar-refractivity contribution >= 4 is 29.4 Å². The number of carbonyl (C=O) groups is 3. The van der Waals surface area contributed by atoms with Gasteiger partial charge in [0.2, 0.25) is 0 Å². The summed E-state index contributed by atoms with van der Waals surface area (Å²) in [4.78, 5) is 39.2. The van der Waals surface area contributed by atoms with E-state index in [1.165, 1.54) is 17.0 Å². The van der Waals surface area contributed by atoms with Gasteiger partial charge in [0, 0.05) is 23.2 Å². The van der Waals surface area contributed by atoms with Crippen molar-refractivity contribution in [2.24, 2.45) is 0 Å². The first-order chi connectivity index (χ1) is 10.7. The predicted molar refractivity (Wildman–Crippen MR) is 82.0 cm³/mol. The first-order valence-electron chi connectivity index (χ1n) is 7.04. The topological polar surface area (TPSA) is 60.9 Å². The standard InChI is InChI=1S/C15H17ClFN3O3/c1-9(2)20-14(22)13(21)19(15(20)23)8-18(3)7-10-11(16)5-4-6-12(10)17/h4-6,9H,7-8H2,1-3H3. The molecule has 1 aliphatic heterocycles. The molecule has 1 saturated heterocycles. The van der Waals surface area contributed by atoms with Gasteiger partial charge in [0.1, 0.15) is 5.82 Å². The van der Waals surface area contributed by atoms with Crippen LogP contribution in [0.5, 0.6) is 0 Å². The van der Waals surface area contributed by atoms with E-state index in [-0.39, 0.29) is 23.8 Å². The molecule has 1 aromatic carbocycles. The van der Waals surface area contributed by atoms with E-state index in [9.17, 15) is 18.8 Å². The summed E-state index contributed by atoms with van der Waals surface area (Å²) in [6, 6.07) is 3.26. The fraction of sp³-hybridized carbons (Fsp3) is 0.400. The molecule has 0 saturated carbocycles. The monoisotopic (exact) mass is 341 g/mol. The Morgan fingerprint density at radius 3 is 2.39 bits per heavy atom. The van der Waals surface area contributed by atoms with Crippen molar-refractivity contribution in [1.82, 2.24) is 14.7 Å². The molecule has 1 heterocycles. The highest BCUT2D eigenvalue weighted by Crippen LogP contribution is 2.21. The highest BCUT2D eigenvalue weighted by atomic mass is 35.5. The summed E-state index contributed by atoms with van der Waals surface area (Å²) in [5.41, 5.74) is 0.266. The smallest absolute Gasteiger partial charge is 0.284 e. The fourth-order valence-electron chi connectivity index (χ4n) is 2.35. The Hall–Kier alpha value is -1.99. The highest BCUT2D eigenvalue weighted by Gasteiger charge is 2.45. The second-order valence-corrected chi connectivity index (χ2v) is 6.05. The van der Waals surface area contributed by atoms with Gasteiger partial charge in [-0.25, -0.2) is 14.1 Å².